The zero-order valence-corrected chi connectivity index (χ0v) is 12.4. The van der Waals surface area contributed by atoms with Gasteiger partial charge in [-0.1, -0.05) is 12.8 Å². The van der Waals surface area contributed by atoms with Crippen molar-refractivity contribution >= 4 is 0 Å². The van der Waals surface area contributed by atoms with Crippen molar-refractivity contribution in [2.24, 2.45) is 5.73 Å². The van der Waals surface area contributed by atoms with E-state index in [9.17, 15) is 0 Å². The molecule has 0 aromatic rings. The molecule has 4 heteroatoms. The first kappa shape index (κ1) is 15.9. The average molecular weight is 258 g/mol. The number of nitrogens with two attached hydrogens (primary N) is 1. The molecular formula is C14H30N2O2. The minimum absolute atomic E-state index is 0.00661. The Labute approximate surface area is 112 Å². The number of nitrogens with zero attached hydrogens (tertiary/aromatic N) is 1. The van der Waals surface area contributed by atoms with Gasteiger partial charge < -0.3 is 15.2 Å². The topological polar surface area (TPSA) is 47.7 Å². The molecule has 2 unspecified atom stereocenters. The molecule has 0 amide bonds. The number of hydrogen-bond donors (Lipinski definition) is 1. The molecule has 0 heterocycles. The highest BCUT2D eigenvalue weighted by molar-refractivity contribution is 5.00. The van der Waals surface area contributed by atoms with Gasteiger partial charge >= 0.3 is 0 Å². The molecule has 0 aliphatic heterocycles. The lowest BCUT2D eigenvalue weighted by atomic mass is 9.78. The number of ether oxygens (including phenoxy) is 2. The zero-order valence-electron chi connectivity index (χ0n) is 12.4. The van der Waals surface area contributed by atoms with E-state index in [0.29, 0.717) is 6.54 Å². The van der Waals surface area contributed by atoms with Gasteiger partial charge in [-0.05, 0) is 33.7 Å². The van der Waals surface area contributed by atoms with Gasteiger partial charge in [-0.25, -0.2) is 0 Å². The van der Waals surface area contributed by atoms with Crippen molar-refractivity contribution in [3.8, 4) is 0 Å². The molecule has 2 N–H and O–H groups in total. The number of likely N-dealkylation sites (N-methyl/N-ethyl adjacent to an activating group) is 1. The third kappa shape index (κ3) is 3.67. The SMILES string of the molecule is COC1CCCCC1(CN)N(C)CCOC(C)C. The van der Waals surface area contributed by atoms with Crippen molar-refractivity contribution in [3.05, 3.63) is 0 Å². The molecule has 0 spiro atoms. The summed E-state index contributed by atoms with van der Waals surface area (Å²) in [7, 11) is 3.95. The van der Waals surface area contributed by atoms with Gasteiger partial charge in [0.25, 0.3) is 0 Å². The van der Waals surface area contributed by atoms with Crippen LogP contribution in [0.4, 0.5) is 0 Å². The minimum Gasteiger partial charge on any atom is -0.379 e. The summed E-state index contributed by atoms with van der Waals surface area (Å²) < 4.78 is 11.3. The zero-order chi connectivity index (χ0) is 13.6. The molecular weight excluding hydrogens is 228 g/mol. The largest absolute Gasteiger partial charge is 0.379 e. The fourth-order valence-corrected chi connectivity index (χ4v) is 3.00. The summed E-state index contributed by atoms with van der Waals surface area (Å²) in [6.07, 6.45) is 5.27. The van der Waals surface area contributed by atoms with Crippen LogP contribution >= 0.6 is 0 Å². The van der Waals surface area contributed by atoms with Gasteiger partial charge in [0.05, 0.1) is 24.4 Å². The van der Waals surface area contributed by atoms with Crippen LogP contribution in [0.25, 0.3) is 0 Å². The number of hydrogen-bond acceptors (Lipinski definition) is 4. The van der Waals surface area contributed by atoms with Crippen LogP contribution in [0.1, 0.15) is 39.5 Å². The standard InChI is InChI=1S/C14H30N2O2/c1-12(2)18-10-9-16(3)14(11-15)8-6-5-7-13(14)17-4/h12-13H,5-11,15H2,1-4H3. The Balaban J connectivity index is 2.60. The van der Waals surface area contributed by atoms with E-state index >= 15 is 0 Å². The first-order valence-electron chi connectivity index (χ1n) is 7.12. The summed E-state index contributed by atoms with van der Waals surface area (Å²) in [5, 5.41) is 0. The first-order chi connectivity index (χ1) is 8.56. The van der Waals surface area contributed by atoms with Crippen LogP contribution in [-0.4, -0.2) is 56.5 Å². The predicted octanol–water partition coefficient (Wildman–Crippen LogP) is 1.63. The molecule has 1 rings (SSSR count). The Morgan fingerprint density at radius 1 is 1.39 bits per heavy atom. The third-order valence-corrected chi connectivity index (χ3v) is 4.20. The van der Waals surface area contributed by atoms with Crippen LogP contribution in [0.5, 0.6) is 0 Å². The van der Waals surface area contributed by atoms with Crippen molar-refractivity contribution in [2.45, 2.75) is 57.3 Å². The molecule has 4 nitrogen and oxygen atoms in total. The summed E-state index contributed by atoms with van der Waals surface area (Å²) in [5.74, 6) is 0. The summed E-state index contributed by atoms with van der Waals surface area (Å²) in [5.41, 5.74) is 6.07. The van der Waals surface area contributed by atoms with E-state index in [1.165, 1.54) is 12.8 Å². The van der Waals surface area contributed by atoms with E-state index in [2.05, 4.69) is 25.8 Å². The van der Waals surface area contributed by atoms with Crippen LogP contribution in [0.3, 0.4) is 0 Å². The van der Waals surface area contributed by atoms with E-state index in [4.69, 9.17) is 15.2 Å². The lowest BCUT2D eigenvalue weighted by molar-refractivity contribution is -0.0742. The lowest BCUT2D eigenvalue weighted by Gasteiger charge is -2.48. The molecule has 0 saturated heterocycles. The fourth-order valence-electron chi connectivity index (χ4n) is 3.00. The molecule has 18 heavy (non-hydrogen) atoms. The highest BCUT2D eigenvalue weighted by atomic mass is 16.5. The van der Waals surface area contributed by atoms with Crippen LogP contribution < -0.4 is 5.73 Å². The highest BCUT2D eigenvalue weighted by Gasteiger charge is 2.43. The molecule has 0 radical (unpaired) electrons. The maximum atomic E-state index is 6.07. The Morgan fingerprint density at radius 2 is 2.11 bits per heavy atom. The van der Waals surface area contributed by atoms with Gasteiger partial charge in [0.15, 0.2) is 0 Å². The van der Waals surface area contributed by atoms with E-state index in [1.54, 1.807) is 7.11 Å². The summed E-state index contributed by atoms with van der Waals surface area (Å²) >= 11 is 0. The van der Waals surface area contributed by atoms with Crippen molar-refractivity contribution in [2.75, 3.05) is 33.9 Å². The lowest BCUT2D eigenvalue weighted by Crippen LogP contribution is -2.62. The summed E-state index contributed by atoms with van der Waals surface area (Å²) in [4.78, 5) is 2.35. The van der Waals surface area contributed by atoms with Crippen molar-refractivity contribution in [3.63, 3.8) is 0 Å². The average Bonchev–Trinajstić information content (AvgIpc) is 2.37. The van der Waals surface area contributed by atoms with Crippen LogP contribution in [0.2, 0.25) is 0 Å². The quantitative estimate of drug-likeness (QED) is 0.754. The van der Waals surface area contributed by atoms with E-state index in [0.717, 1.165) is 26.0 Å². The van der Waals surface area contributed by atoms with Gasteiger partial charge in [-0.15, -0.1) is 0 Å². The summed E-state index contributed by atoms with van der Waals surface area (Å²) in [6.45, 7) is 6.46. The molecule has 0 aromatic carbocycles. The molecule has 2 atom stereocenters. The van der Waals surface area contributed by atoms with Crippen molar-refractivity contribution in [1.82, 2.24) is 4.90 Å². The van der Waals surface area contributed by atoms with Gasteiger partial charge in [-0.2, -0.15) is 0 Å². The first-order valence-corrected chi connectivity index (χ1v) is 7.12. The van der Waals surface area contributed by atoms with Crippen LogP contribution in [0, 0.1) is 0 Å². The van der Waals surface area contributed by atoms with E-state index < -0.39 is 0 Å². The Hall–Kier alpha value is -0.160. The fraction of sp³-hybridized carbons (Fsp3) is 1.00. The highest BCUT2D eigenvalue weighted by Crippen LogP contribution is 2.34. The third-order valence-electron chi connectivity index (χ3n) is 4.20. The summed E-state index contributed by atoms with van der Waals surface area (Å²) in [6, 6.07) is 0. The van der Waals surface area contributed by atoms with Gasteiger partial charge in [0, 0.05) is 20.2 Å². The molecule has 1 saturated carbocycles. The molecule has 1 aliphatic carbocycles. The Morgan fingerprint density at radius 3 is 2.67 bits per heavy atom. The van der Waals surface area contributed by atoms with Gasteiger partial charge in [0.1, 0.15) is 0 Å². The molecule has 0 bridgehead atoms. The number of rotatable bonds is 7. The number of methoxy groups -OCH3 is 1. The second kappa shape index (κ2) is 7.43. The molecule has 1 aliphatic rings. The van der Waals surface area contributed by atoms with Crippen molar-refractivity contribution in [1.29, 1.82) is 0 Å². The van der Waals surface area contributed by atoms with Gasteiger partial charge in [0.2, 0.25) is 0 Å². The molecule has 0 aromatic heterocycles. The predicted molar refractivity (Wildman–Crippen MR) is 74.8 cm³/mol. The Kier molecular flexibility index (Phi) is 6.57. The van der Waals surface area contributed by atoms with Crippen molar-refractivity contribution < 1.29 is 9.47 Å². The smallest absolute Gasteiger partial charge is 0.0767 e. The Bertz CT molecular complexity index is 236. The second-order valence-corrected chi connectivity index (χ2v) is 5.62. The van der Waals surface area contributed by atoms with Crippen LogP contribution in [0.15, 0.2) is 0 Å². The van der Waals surface area contributed by atoms with Gasteiger partial charge in [-0.3, -0.25) is 4.90 Å². The molecule has 1 fully saturated rings. The second-order valence-electron chi connectivity index (χ2n) is 5.62. The van der Waals surface area contributed by atoms with E-state index in [-0.39, 0.29) is 17.7 Å². The maximum absolute atomic E-state index is 6.07. The molecule has 108 valence electrons. The minimum atomic E-state index is -0.00661. The van der Waals surface area contributed by atoms with E-state index in [1.807, 2.05) is 0 Å². The van der Waals surface area contributed by atoms with Crippen LogP contribution in [-0.2, 0) is 9.47 Å². The monoisotopic (exact) mass is 258 g/mol. The maximum Gasteiger partial charge on any atom is 0.0767 e. The normalized spacial score (nSPS) is 29.2.